The molecule has 0 aliphatic heterocycles. The Hall–Kier alpha value is -3.00. The molecule has 0 fully saturated rings. The standard InChI is InChI=1S/C16H18N6O2/c1-11(23)17-13-5-3-12(4-6-13)16-9-22(21-20-16)8-14-7-15(10-24-2)19-18-14/h3-7,9H,8,10H2,1-2H3,(H,17,23)(H,18,19). The minimum atomic E-state index is -0.0962. The molecule has 1 aromatic carbocycles. The van der Waals surface area contributed by atoms with Crippen molar-refractivity contribution in [3.63, 3.8) is 0 Å². The third kappa shape index (κ3) is 3.85. The molecule has 0 aliphatic carbocycles. The van der Waals surface area contributed by atoms with Gasteiger partial charge >= 0.3 is 0 Å². The first-order valence-electron chi connectivity index (χ1n) is 7.44. The van der Waals surface area contributed by atoms with Crippen molar-refractivity contribution >= 4 is 11.6 Å². The van der Waals surface area contributed by atoms with E-state index in [1.165, 1.54) is 6.92 Å². The zero-order valence-electron chi connectivity index (χ0n) is 13.5. The second kappa shape index (κ2) is 7.05. The van der Waals surface area contributed by atoms with Crippen LogP contribution in [-0.2, 0) is 22.7 Å². The number of aromatic amines is 1. The first-order valence-corrected chi connectivity index (χ1v) is 7.44. The van der Waals surface area contributed by atoms with Crippen LogP contribution in [0.25, 0.3) is 11.3 Å². The molecule has 0 atom stereocenters. The van der Waals surface area contributed by atoms with Gasteiger partial charge in [0.2, 0.25) is 5.91 Å². The normalized spacial score (nSPS) is 10.8. The number of rotatable bonds is 6. The van der Waals surface area contributed by atoms with Crippen molar-refractivity contribution < 1.29 is 9.53 Å². The van der Waals surface area contributed by atoms with Crippen LogP contribution in [0, 0.1) is 0 Å². The molecule has 0 radical (unpaired) electrons. The van der Waals surface area contributed by atoms with E-state index in [-0.39, 0.29) is 5.91 Å². The fraction of sp³-hybridized carbons (Fsp3) is 0.250. The Morgan fingerprint density at radius 2 is 2.12 bits per heavy atom. The number of nitrogens with zero attached hydrogens (tertiary/aromatic N) is 4. The van der Waals surface area contributed by atoms with Crippen molar-refractivity contribution in [2.24, 2.45) is 0 Å². The molecule has 8 heteroatoms. The van der Waals surface area contributed by atoms with E-state index in [1.54, 1.807) is 11.8 Å². The summed E-state index contributed by atoms with van der Waals surface area (Å²) < 4.78 is 6.78. The predicted octanol–water partition coefficient (Wildman–Crippen LogP) is 1.82. The molecule has 2 heterocycles. The first-order chi connectivity index (χ1) is 11.6. The smallest absolute Gasteiger partial charge is 0.221 e. The molecule has 3 rings (SSSR count). The van der Waals surface area contributed by atoms with Crippen molar-refractivity contribution in [3.05, 3.63) is 47.9 Å². The molecule has 1 amide bonds. The molecule has 0 spiro atoms. The molecule has 0 saturated heterocycles. The molecule has 0 saturated carbocycles. The SMILES string of the molecule is COCc1cc(Cn2cc(-c3ccc(NC(C)=O)cc3)nn2)[nH]n1. The molecule has 0 bridgehead atoms. The molecule has 0 aliphatic rings. The van der Waals surface area contributed by atoms with Gasteiger partial charge in [-0.25, -0.2) is 4.68 Å². The van der Waals surface area contributed by atoms with Gasteiger partial charge < -0.3 is 10.1 Å². The summed E-state index contributed by atoms with van der Waals surface area (Å²) in [4.78, 5) is 11.0. The predicted molar refractivity (Wildman–Crippen MR) is 88.2 cm³/mol. The molecule has 3 aromatic rings. The second-order valence-electron chi connectivity index (χ2n) is 5.38. The quantitative estimate of drug-likeness (QED) is 0.720. The average Bonchev–Trinajstić information content (AvgIpc) is 3.18. The summed E-state index contributed by atoms with van der Waals surface area (Å²) in [5.41, 5.74) is 4.23. The van der Waals surface area contributed by atoms with Crippen LogP contribution in [0.5, 0.6) is 0 Å². The summed E-state index contributed by atoms with van der Waals surface area (Å²) in [6.07, 6.45) is 1.87. The summed E-state index contributed by atoms with van der Waals surface area (Å²) in [6, 6.07) is 9.40. The van der Waals surface area contributed by atoms with Gasteiger partial charge in [-0.1, -0.05) is 17.3 Å². The Labute approximate surface area is 138 Å². The number of aromatic nitrogens is 5. The van der Waals surface area contributed by atoms with Crippen LogP contribution in [0.1, 0.15) is 18.3 Å². The van der Waals surface area contributed by atoms with Gasteiger partial charge in [0, 0.05) is 25.3 Å². The van der Waals surface area contributed by atoms with Gasteiger partial charge in [0.25, 0.3) is 0 Å². The maximum Gasteiger partial charge on any atom is 0.221 e. The lowest BCUT2D eigenvalue weighted by molar-refractivity contribution is -0.114. The molecule has 8 nitrogen and oxygen atoms in total. The maximum absolute atomic E-state index is 11.0. The lowest BCUT2D eigenvalue weighted by Gasteiger charge is -2.02. The number of hydrogen-bond donors (Lipinski definition) is 2. The van der Waals surface area contributed by atoms with Crippen molar-refractivity contribution in [1.82, 2.24) is 25.2 Å². The van der Waals surface area contributed by atoms with Crippen LogP contribution in [0.2, 0.25) is 0 Å². The van der Waals surface area contributed by atoms with Crippen molar-refractivity contribution in [2.45, 2.75) is 20.1 Å². The van der Waals surface area contributed by atoms with E-state index in [0.29, 0.717) is 13.2 Å². The number of benzene rings is 1. The van der Waals surface area contributed by atoms with E-state index >= 15 is 0 Å². The lowest BCUT2D eigenvalue weighted by atomic mass is 10.1. The van der Waals surface area contributed by atoms with E-state index < -0.39 is 0 Å². The Morgan fingerprint density at radius 1 is 1.33 bits per heavy atom. The lowest BCUT2D eigenvalue weighted by Crippen LogP contribution is -2.05. The summed E-state index contributed by atoms with van der Waals surface area (Å²) in [7, 11) is 1.63. The van der Waals surface area contributed by atoms with Crippen LogP contribution in [0.4, 0.5) is 5.69 Å². The van der Waals surface area contributed by atoms with E-state index in [4.69, 9.17) is 4.74 Å². The van der Waals surface area contributed by atoms with Crippen molar-refractivity contribution in [2.75, 3.05) is 12.4 Å². The van der Waals surface area contributed by atoms with E-state index in [9.17, 15) is 4.79 Å². The summed E-state index contributed by atoms with van der Waals surface area (Å²) in [5, 5.41) is 18.2. The number of carbonyl (C=O) groups excluding carboxylic acids is 1. The third-order valence-corrected chi connectivity index (χ3v) is 3.35. The highest BCUT2D eigenvalue weighted by atomic mass is 16.5. The zero-order chi connectivity index (χ0) is 16.9. The molecular formula is C16H18N6O2. The fourth-order valence-electron chi connectivity index (χ4n) is 2.32. The monoisotopic (exact) mass is 326 g/mol. The van der Waals surface area contributed by atoms with Gasteiger partial charge in [-0.3, -0.25) is 9.89 Å². The van der Waals surface area contributed by atoms with E-state index in [1.807, 2.05) is 36.5 Å². The summed E-state index contributed by atoms with van der Waals surface area (Å²) >= 11 is 0. The van der Waals surface area contributed by atoms with Crippen LogP contribution in [-0.4, -0.2) is 38.2 Å². The highest BCUT2D eigenvalue weighted by Gasteiger charge is 2.07. The number of H-pyrrole nitrogens is 1. The number of nitrogens with one attached hydrogen (secondary N) is 2. The Bertz CT molecular complexity index is 821. The molecule has 124 valence electrons. The van der Waals surface area contributed by atoms with E-state index in [0.717, 1.165) is 28.3 Å². The van der Waals surface area contributed by atoms with Gasteiger partial charge in [-0.15, -0.1) is 5.10 Å². The Morgan fingerprint density at radius 3 is 2.83 bits per heavy atom. The van der Waals surface area contributed by atoms with Crippen molar-refractivity contribution in [3.8, 4) is 11.3 Å². The Kier molecular flexibility index (Phi) is 4.66. The topological polar surface area (TPSA) is 97.7 Å². The van der Waals surface area contributed by atoms with Crippen LogP contribution < -0.4 is 5.32 Å². The molecule has 24 heavy (non-hydrogen) atoms. The van der Waals surface area contributed by atoms with Gasteiger partial charge in [0.15, 0.2) is 0 Å². The second-order valence-corrected chi connectivity index (χ2v) is 5.38. The number of hydrogen-bond acceptors (Lipinski definition) is 5. The molecule has 2 aromatic heterocycles. The first kappa shape index (κ1) is 15.9. The fourth-order valence-corrected chi connectivity index (χ4v) is 2.32. The van der Waals surface area contributed by atoms with Gasteiger partial charge in [0.1, 0.15) is 5.69 Å². The minimum absolute atomic E-state index is 0.0962. The zero-order valence-corrected chi connectivity index (χ0v) is 13.5. The van der Waals surface area contributed by atoms with Gasteiger partial charge in [-0.2, -0.15) is 5.10 Å². The van der Waals surface area contributed by atoms with E-state index in [2.05, 4.69) is 25.8 Å². The maximum atomic E-state index is 11.0. The van der Waals surface area contributed by atoms with Crippen LogP contribution in [0.3, 0.4) is 0 Å². The number of ether oxygens (including phenoxy) is 1. The largest absolute Gasteiger partial charge is 0.378 e. The van der Waals surface area contributed by atoms with Gasteiger partial charge in [0.05, 0.1) is 30.7 Å². The van der Waals surface area contributed by atoms with Crippen LogP contribution in [0.15, 0.2) is 36.5 Å². The van der Waals surface area contributed by atoms with Crippen LogP contribution >= 0.6 is 0 Å². The van der Waals surface area contributed by atoms with Gasteiger partial charge in [-0.05, 0) is 18.2 Å². The molecule has 2 N–H and O–H groups in total. The van der Waals surface area contributed by atoms with Crippen molar-refractivity contribution in [1.29, 1.82) is 0 Å². The highest BCUT2D eigenvalue weighted by Crippen LogP contribution is 2.19. The molecule has 0 unspecified atom stereocenters. The number of anilines is 1. The summed E-state index contributed by atoms with van der Waals surface area (Å²) in [6.45, 7) is 2.50. The average molecular weight is 326 g/mol. The minimum Gasteiger partial charge on any atom is -0.378 e. The summed E-state index contributed by atoms with van der Waals surface area (Å²) in [5.74, 6) is -0.0962. The Balaban J connectivity index is 1.69. The number of amides is 1. The number of methoxy groups -OCH3 is 1. The third-order valence-electron chi connectivity index (χ3n) is 3.35. The molecular weight excluding hydrogens is 308 g/mol. The number of carbonyl (C=O) groups is 1. The highest BCUT2D eigenvalue weighted by molar-refractivity contribution is 5.88.